The molecule has 1 aromatic carbocycles. The Hall–Kier alpha value is -1.88. The van der Waals surface area contributed by atoms with Crippen LogP contribution in [0.25, 0.3) is 0 Å². The molecule has 0 spiro atoms. The maximum absolute atomic E-state index is 12.0. The van der Waals surface area contributed by atoms with Gasteiger partial charge in [0.25, 0.3) is 0 Å². The van der Waals surface area contributed by atoms with Crippen LogP contribution in [0.3, 0.4) is 0 Å². The summed E-state index contributed by atoms with van der Waals surface area (Å²) in [4.78, 5) is 25.5. The van der Waals surface area contributed by atoms with Gasteiger partial charge in [0, 0.05) is 45.6 Å². The normalized spacial score (nSPS) is 25.4. The molecule has 1 saturated carbocycles. The number of carbonyl (C=O) groups is 2. The number of nitrogens with zero attached hydrogens (tertiary/aromatic N) is 1. The van der Waals surface area contributed by atoms with Gasteiger partial charge in [-0.25, -0.2) is 0 Å². The van der Waals surface area contributed by atoms with Crippen LogP contribution in [0.2, 0.25) is 0 Å². The fourth-order valence-electron chi connectivity index (χ4n) is 3.28. The molecule has 2 aliphatic rings. The van der Waals surface area contributed by atoms with E-state index in [0.717, 1.165) is 18.7 Å². The largest absolute Gasteiger partial charge is 0.353 e. The van der Waals surface area contributed by atoms with Crippen molar-refractivity contribution in [3.05, 3.63) is 35.9 Å². The molecule has 0 radical (unpaired) electrons. The number of benzene rings is 1. The van der Waals surface area contributed by atoms with Crippen LogP contribution in [0.4, 0.5) is 0 Å². The van der Waals surface area contributed by atoms with Crippen molar-refractivity contribution in [3.8, 4) is 0 Å². The molecule has 1 heterocycles. The van der Waals surface area contributed by atoms with Crippen molar-refractivity contribution in [3.63, 3.8) is 0 Å². The van der Waals surface area contributed by atoms with Crippen LogP contribution in [-0.4, -0.2) is 42.4 Å². The monoisotopic (exact) mass is 301 g/mol. The van der Waals surface area contributed by atoms with Crippen LogP contribution in [0.15, 0.2) is 30.3 Å². The highest BCUT2D eigenvalue weighted by molar-refractivity contribution is 5.78. The summed E-state index contributed by atoms with van der Waals surface area (Å²) in [5.41, 5.74) is 1.08. The Morgan fingerprint density at radius 1 is 1.23 bits per heavy atom. The van der Waals surface area contributed by atoms with Gasteiger partial charge in [0.15, 0.2) is 0 Å². The van der Waals surface area contributed by atoms with Crippen molar-refractivity contribution >= 4 is 11.8 Å². The summed E-state index contributed by atoms with van der Waals surface area (Å²) < 4.78 is 0. The molecular weight excluding hydrogens is 278 g/mol. The minimum Gasteiger partial charge on any atom is -0.353 e. The maximum Gasteiger partial charge on any atom is 0.222 e. The van der Waals surface area contributed by atoms with Gasteiger partial charge < -0.3 is 15.5 Å². The Kier molecular flexibility index (Phi) is 4.43. The lowest BCUT2D eigenvalue weighted by Gasteiger charge is -2.21. The maximum atomic E-state index is 12.0. The molecule has 2 N–H and O–H groups in total. The molecule has 22 heavy (non-hydrogen) atoms. The van der Waals surface area contributed by atoms with Crippen molar-refractivity contribution in [1.29, 1.82) is 0 Å². The third-order valence-corrected chi connectivity index (χ3v) is 4.69. The van der Waals surface area contributed by atoms with Gasteiger partial charge in [-0.1, -0.05) is 30.3 Å². The highest BCUT2D eigenvalue weighted by Gasteiger charge is 2.53. The van der Waals surface area contributed by atoms with Crippen LogP contribution in [0.5, 0.6) is 0 Å². The van der Waals surface area contributed by atoms with Gasteiger partial charge >= 0.3 is 0 Å². The zero-order valence-electron chi connectivity index (χ0n) is 12.9. The molecule has 1 aromatic rings. The third kappa shape index (κ3) is 3.47. The Morgan fingerprint density at radius 2 is 1.91 bits per heavy atom. The number of amides is 2. The standard InChI is InChI=1S/C17H23N3O2/c1-12(21)20(11-13-5-3-2-4-6-13)8-7-16(22)19-17-14-9-18-10-15(14)17/h2-6,14-15,17-18H,7-11H2,1H3,(H,19,22)/t14-,15+,17?. The average molecular weight is 301 g/mol. The molecule has 1 unspecified atom stereocenters. The second kappa shape index (κ2) is 6.48. The van der Waals surface area contributed by atoms with Gasteiger partial charge in [0.05, 0.1) is 0 Å². The summed E-state index contributed by atoms with van der Waals surface area (Å²) in [5.74, 6) is 1.30. The first kappa shape index (κ1) is 15.0. The van der Waals surface area contributed by atoms with E-state index in [0.29, 0.717) is 37.4 Å². The van der Waals surface area contributed by atoms with Crippen LogP contribution >= 0.6 is 0 Å². The summed E-state index contributed by atoms with van der Waals surface area (Å²) in [6, 6.07) is 10.2. The summed E-state index contributed by atoms with van der Waals surface area (Å²) in [7, 11) is 0. The van der Waals surface area contributed by atoms with Gasteiger partial charge in [-0.05, 0) is 17.4 Å². The smallest absolute Gasteiger partial charge is 0.222 e. The second-order valence-corrected chi connectivity index (χ2v) is 6.26. The Balaban J connectivity index is 1.45. The molecule has 118 valence electrons. The SMILES string of the molecule is CC(=O)N(CCC(=O)NC1[C@H]2CNC[C@@H]12)Cc1ccccc1. The number of carbonyl (C=O) groups excluding carboxylic acids is 2. The first-order valence-electron chi connectivity index (χ1n) is 7.94. The number of hydrogen-bond donors (Lipinski definition) is 2. The number of nitrogens with one attached hydrogen (secondary N) is 2. The van der Waals surface area contributed by atoms with Crippen LogP contribution in [0, 0.1) is 11.8 Å². The molecule has 5 nitrogen and oxygen atoms in total. The van der Waals surface area contributed by atoms with E-state index in [1.54, 1.807) is 11.8 Å². The lowest BCUT2D eigenvalue weighted by molar-refractivity contribution is -0.130. The van der Waals surface area contributed by atoms with E-state index < -0.39 is 0 Å². The average Bonchev–Trinajstić information content (AvgIpc) is 2.95. The fourth-order valence-corrected chi connectivity index (χ4v) is 3.28. The van der Waals surface area contributed by atoms with Crippen molar-refractivity contribution in [1.82, 2.24) is 15.5 Å². The molecule has 2 amide bonds. The number of piperidine rings is 1. The molecular formula is C17H23N3O2. The molecule has 5 heteroatoms. The van der Waals surface area contributed by atoms with Gasteiger partial charge in [0.1, 0.15) is 0 Å². The first-order valence-corrected chi connectivity index (χ1v) is 7.94. The minimum absolute atomic E-state index is 0.00384. The molecule has 1 aliphatic carbocycles. The summed E-state index contributed by atoms with van der Waals surface area (Å²) in [5, 5.41) is 6.41. The summed E-state index contributed by atoms with van der Waals surface area (Å²) in [6.07, 6.45) is 0.371. The summed E-state index contributed by atoms with van der Waals surface area (Å²) >= 11 is 0. The number of fused-ring (bicyclic) bond motifs is 1. The number of hydrogen-bond acceptors (Lipinski definition) is 3. The molecule has 0 aromatic heterocycles. The molecule has 0 bridgehead atoms. The van der Waals surface area contributed by atoms with Crippen molar-refractivity contribution in [2.75, 3.05) is 19.6 Å². The predicted molar refractivity (Wildman–Crippen MR) is 83.9 cm³/mol. The van der Waals surface area contributed by atoms with Crippen molar-refractivity contribution in [2.24, 2.45) is 11.8 Å². The van der Waals surface area contributed by atoms with Crippen LogP contribution < -0.4 is 10.6 Å². The molecule has 3 atom stereocenters. The predicted octanol–water partition coefficient (Wildman–Crippen LogP) is 0.759. The van der Waals surface area contributed by atoms with Gasteiger partial charge in [-0.3, -0.25) is 9.59 Å². The fraction of sp³-hybridized carbons (Fsp3) is 0.529. The van der Waals surface area contributed by atoms with Gasteiger partial charge in [0.2, 0.25) is 11.8 Å². The van der Waals surface area contributed by atoms with E-state index >= 15 is 0 Å². The molecule has 1 aliphatic heterocycles. The highest BCUT2D eigenvalue weighted by atomic mass is 16.2. The highest BCUT2D eigenvalue weighted by Crippen LogP contribution is 2.41. The van der Waals surface area contributed by atoms with Crippen LogP contribution in [-0.2, 0) is 16.1 Å². The van der Waals surface area contributed by atoms with E-state index in [4.69, 9.17) is 0 Å². The molecule has 2 fully saturated rings. The van der Waals surface area contributed by atoms with E-state index in [-0.39, 0.29) is 11.8 Å². The van der Waals surface area contributed by atoms with E-state index in [1.165, 1.54) is 0 Å². The zero-order chi connectivity index (χ0) is 15.5. The van der Waals surface area contributed by atoms with Crippen LogP contribution in [0.1, 0.15) is 18.9 Å². The Labute approximate surface area is 131 Å². The Morgan fingerprint density at radius 3 is 2.55 bits per heavy atom. The second-order valence-electron chi connectivity index (χ2n) is 6.26. The lowest BCUT2D eigenvalue weighted by atomic mass is 10.2. The molecule has 3 rings (SSSR count). The van der Waals surface area contributed by atoms with Gasteiger partial charge in [-0.2, -0.15) is 0 Å². The minimum atomic E-state index is 0.00384. The zero-order valence-corrected chi connectivity index (χ0v) is 12.9. The van der Waals surface area contributed by atoms with E-state index in [9.17, 15) is 9.59 Å². The quantitative estimate of drug-likeness (QED) is 0.815. The lowest BCUT2D eigenvalue weighted by Crippen LogP contribution is -2.36. The van der Waals surface area contributed by atoms with Crippen molar-refractivity contribution in [2.45, 2.75) is 25.9 Å². The first-order chi connectivity index (χ1) is 10.6. The van der Waals surface area contributed by atoms with E-state index in [1.807, 2.05) is 30.3 Å². The number of rotatable bonds is 6. The third-order valence-electron chi connectivity index (χ3n) is 4.69. The Bertz CT molecular complexity index is 536. The summed E-state index contributed by atoms with van der Waals surface area (Å²) in [6.45, 7) is 4.61. The topological polar surface area (TPSA) is 61.4 Å². The van der Waals surface area contributed by atoms with E-state index in [2.05, 4.69) is 10.6 Å². The molecule has 1 saturated heterocycles. The van der Waals surface area contributed by atoms with Gasteiger partial charge in [-0.15, -0.1) is 0 Å². The van der Waals surface area contributed by atoms with Crippen molar-refractivity contribution < 1.29 is 9.59 Å².